The molecule has 0 saturated carbocycles. The zero-order valence-corrected chi connectivity index (χ0v) is 13.5. The van der Waals surface area contributed by atoms with Crippen LogP contribution in [-0.4, -0.2) is 36.5 Å². The highest BCUT2D eigenvalue weighted by atomic mass is 32.2. The number of thiophene rings is 1. The molecule has 0 atom stereocenters. The summed E-state index contributed by atoms with van der Waals surface area (Å²) in [5.74, 6) is 0. The molecule has 8 heteroatoms. The van der Waals surface area contributed by atoms with E-state index in [1.54, 1.807) is 24.6 Å². The molecule has 6 nitrogen and oxygen atoms in total. The third-order valence-corrected chi connectivity index (χ3v) is 6.31. The summed E-state index contributed by atoms with van der Waals surface area (Å²) < 4.78 is 26.4. The molecule has 0 unspecified atom stereocenters. The van der Waals surface area contributed by atoms with E-state index >= 15 is 0 Å². The molecule has 2 heterocycles. The first kappa shape index (κ1) is 15.9. The number of hydrogen-bond acceptors (Lipinski definition) is 5. The van der Waals surface area contributed by atoms with Crippen LogP contribution in [0.25, 0.3) is 11.3 Å². The van der Waals surface area contributed by atoms with E-state index in [1.165, 1.54) is 10.4 Å². The average Bonchev–Trinajstić information content (AvgIpc) is 2.96. The van der Waals surface area contributed by atoms with E-state index in [0.29, 0.717) is 17.8 Å². The molecule has 0 fully saturated rings. The number of rotatable bonds is 6. The van der Waals surface area contributed by atoms with Gasteiger partial charge in [0.1, 0.15) is 4.21 Å². The first-order valence-electron chi connectivity index (χ1n) is 6.56. The maximum absolute atomic E-state index is 12.4. The number of unbranched alkanes of at least 4 members (excludes halogenated alkanes) is 1. The lowest BCUT2D eigenvalue weighted by Crippen LogP contribution is -2.27. The smallest absolute Gasteiger partial charge is 0.264 e. The Bertz CT molecular complexity index is 744. The van der Waals surface area contributed by atoms with Crippen LogP contribution in [0.4, 0.5) is 0 Å². The summed E-state index contributed by atoms with van der Waals surface area (Å²) in [4.78, 5) is 11.0. The van der Waals surface area contributed by atoms with Gasteiger partial charge in [-0.1, -0.05) is 13.3 Å². The molecule has 0 saturated heterocycles. The first-order valence-corrected chi connectivity index (χ1v) is 8.88. The SMILES string of the molecule is CCCCN(C)S(=O)(=O)c1cc(-c2ccc(=O)[nH]n2)cs1. The minimum Gasteiger partial charge on any atom is -0.268 e. The van der Waals surface area contributed by atoms with Crippen LogP contribution in [0.2, 0.25) is 0 Å². The van der Waals surface area contributed by atoms with E-state index < -0.39 is 10.0 Å². The van der Waals surface area contributed by atoms with Gasteiger partial charge in [0.05, 0.1) is 5.69 Å². The van der Waals surface area contributed by atoms with Crippen molar-refractivity contribution < 1.29 is 8.42 Å². The van der Waals surface area contributed by atoms with Gasteiger partial charge in [0.15, 0.2) is 0 Å². The molecule has 114 valence electrons. The van der Waals surface area contributed by atoms with E-state index in [0.717, 1.165) is 24.2 Å². The molecule has 2 aromatic rings. The van der Waals surface area contributed by atoms with Gasteiger partial charge in [-0.25, -0.2) is 17.8 Å². The fourth-order valence-corrected chi connectivity index (χ4v) is 4.34. The van der Waals surface area contributed by atoms with E-state index in [2.05, 4.69) is 10.2 Å². The molecule has 2 aromatic heterocycles. The van der Waals surface area contributed by atoms with E-state index in [9.17, 15) is 13.2 Å². The number of nitrogens with one attached hydrogen (secondary N) is 1. The number of hydrogen-bond donors (Lipinski definition) is 1. The Labute approximate surface area is 127 Å². The summed E-state index contributed by atoms with van der Waals surface area (Å²) in [5.41, 5.74) is 0.934. The van der Waals surface area contributed by atoms with Crippen LogP contribution in [0, 0.1) is 0 Å². The summed E-state index contributed by atoms with van der Waals surface area (Å²) >= 11 is 1.16. The summed E-state index contributed by atoms with van der Waals surface area (Å²) in [5, 5.41) is 7.96. The second-order valence-electron chi connectivity index (χ2n) is 4.64. The third-order valence-electron chi connectivity index (χ3n) is 3.04. The Kier molecular flexibility index (Phi) is 4.92. The van der Waals surface area contributed by atoms with Gasteiger partial charge in [-0.15, -0.1) is 11.3 Å². The lowest BCUT2D eigenvalue weighted by Gasteiger charge is -2.15. The quantitative estimate of drug-likeness (QED) is 0.878. The summed E-state index contributed by atoms with van der Waals surface area (Å²) in [6, 6.07) is 4.52. The fourth-order valence-electron chi connectivity index (χ4n) is 1.75. The van der Waals surface area contributed by atoms with Crippen molar-refractivity contribution in [1.82, 2.24) is 14.5 Å². The van der Waals surface area contributed by atoms with Gasteiger partial charge in [-0.05, 0) is 18.6 Å². The van der Waals surface area contributed by atoms with Crippen molar-refractivity contribution >= 4 is 21.4 Å². The van der Waals surface area contributed by atoms with Gasteiger partial charge < -0.3 is 0 Å². The molecular formula is C13H17N3O3S2. The number of H-pyrrole nitrogens is 1. The standard InChI is InChI=1S/C13H17N3O3S2/c1-3-4-7-16(2)21(18,19)13-8-10(9-20-13)11-5-6-12(17)15-14-11/h5-6,8-9H,3-4,7H2,1-2H3,(H,15,17). The number of nitrogens with zero attached hydrogens (tertiary/aromatic N) is 2. The Morgan fingerprint density at radius 3 is 2.76 bits per heavy atom. The Morgan fingerprint density at radius 2 is 2.14 bits per heavy atom. The van der Waals surface area contributed by atoms with Crippen LogP contribution >= 0.6 is 11.3 Å². The molecular weight excluding hydrogens is 310 g/mol. The van der Waals surface area contributed by atoms with Gasteiger partial charge in [-0.2, -0.15) is 5.10 Å². The lowest BCUT2D eigenvalue weighted by molar-refractivity contribution is 0.461. The molecule has 2 rings (SSSR count). The van der Waals surface area contributed by atoms with Crippen molar-refractivity contribution in [2.75, 3.05) is 13.6 Å². The van der Waals surface area contributed by atoms with Gasteiger partial charge in [0, 0.05) is 30.6 Å². The number of aromatic nitrogens is 2. The highest BCUT2D eigenvalue weighted by Crippen LogP contribution is 2.28. The average molecular weight is 327 g/mol. The second-order valence-corrected chi connectivity index (χ2v) is 7.82. The van der Waals surface area contributed by atoms with Crippen LogP contribution in [0.5, 0.6) is 0 Å². The molecule has 0 spiro atoms. The van der Waals surface area contributed by atoms with Crippen molar-refractivity contribution in [3.8, 4) is 11.3 Å². The Balaban J connectivity index is 2.26. The summed E-state index contributed by atoms with van der Waals surface area (Å²) in [6.07, 6.45) is 1.77. The monoisotopic (exact) mass is 327 g/mol. The largest absolute Gasteiger partial charge is 0.268 e. The van der Waals surface area contributed by atoms with Gasteiger partial charge in [-0.3, -0.25) is 4.79 Å². The summed E-state index contributed by atoms with van der Waals surface area (Å²) in [6.45, 7) is 2.52. The molecule has 0 aromatic carbocycles. The second kappa shape index (κ2) is 6.50. The highest BCUT2D eigenvalue weighted by Gasteiger charge is 2.22. The van der Waals surface area contributed by atoms with Crippen LogP contribution in [0.1, 0.15) is 19.8 Å². The molecule has 21 heavy (non-hydrogen) atoms. The predicted octanol–water partition coefficient (Wildman–Crippen LogP) is 1.92. The van der Waals surface area contributed by atoms with Crippen LogP contribution in [0.15, 0.2) is 32.6 Å². The summed E-state index contributed by atoms with van der Waals surface area (Å²) in [7, 11) is -1.87. The minimum absolute atomic E-state index is 0.282. The molecule has 1 N–H and O–H groups in total. The van der Waals surface area contributed by atoms with Crippen LogP contribution in [0.3, 0.4) is 0 Å². The molecule has 0 amide bonds. The van der Waals surface area contributed by atoms with Crippen LogP contribution in [-0.2, 0) is 10.0 Å². The maximum atomic E-state index is 12.4. The van der Waals surface area contributed by atoms with E-state index in [1.807, 2.05) is 6.92 Å². The fraction of sp³-hybridized carbons (Fsp3) is 0.385. The molecule has 0 aliphatic carbocycles. The van der Waals surface area contributed by atoms with Crippen LogP contribution < -0.4 is 5.56 Å². The Morgan fingerprint density at radius 1 is 1.38 bits per heavy atom. The Hall–Kier alpha value is -1.51. The van der Waals surface area contributed by atoms with Gasteiger partial charge in [0.2, 0.25) is 0 Å². The van der Waals surface area contributed by atoms with Crippen molar-refractivity contribution in [1.29, 1.82) is 0 Å². The molecule has 0 aliphatic rings. The zero-order valence-electron chi connectivity index (χ0n) is 11.9. The molecule has 0 bridgehead atoms. The van der Waals surface area contributed by atoms with Crippen molar-refractivity contribution in [3.05, 3.63) is 33.9 Å². The van der Waals surface area contributed by atoms with E-state index in [-0.39, 0.29) is 9.77 Å². The van der Waals surface area contributed by atoms with Gasteiger partial charge in [0.25, 0.3) is 15.6 Å². The van der Waals surface area contributed by atoms with Crippen molar-refractivity contribution in [2.24, 2.45) is 0 Å². The lowest BCUT2D eigenvalue weighted by atomic mass is 10.2. The van der Waals surface area contributed by atoms with Crippen molar-refractivity contribution in [3.63, 3.8) is 0 Å². The third kappa shape index (κ3) is 3.58. The maximum Gasteiger partial charge on any atom is 0.264 e. The minimum atomic E-state index is -3.45. The van der Waals surface area contributed by atoms with Crippen molar-refractivity contribution in [2.45, 2.75) is 24.0 Å². The van der Waals surface area contributed by atoms with Gasteiger partial charge >= 0.3 is 0 Å². The topological polar surface area (TPSA) is 83.1 Å². The normalized spacial score (nSPS) is 12.0. The number of aromatic amines is 1. The zero-order chi connectivity index (χ0) is 15.5. The highest BCUT2D eigenvalue weighted by molar-refractivity contribution is 7.91. The predicted molar refractivity (Wildman–Crippen MR) is 82.9 cm³/mol. The first-order chi connectivity index (χ1) is 9.95. The molecule has 0 radical (unpaired) electrons. The molecule has 0 aliphatic heterocycles. The van der Waals surface area contributed by atoms with E-state index in [4.69, 9.17) is 0 Å². The number of sulfonamides is 1.